The summed E-state index contributed by atoms with van der Waals surface area (Å²) >= 11 is 0. The molecule has 1 aliphatic heterocycles. The van der Waals surface area contributed by atoms with Crippen molar-refractivity contribution in [2.24, 2.45) is 28.6 Å². The summed E-state index contributed by atoms with van der Waals surface area (Å²) in [4.78, 5) is 23.4. The highest BCUT2D eigenvalue weighted by Gasteiger charge is 2.58. The second-order valence-electron chi connectivity index (χ2n) is 9.41. The van der Waals surface area contributed by atoms with E-state index in [1.807, 2.05) is 0 Å². The molecule has 2 aliphatic carbocycles. The summed E-state index contributed by atoms with van der Waals surface area (Å²) in [5.74, 6) is 1.28. The number of ether oxygens (including phenoxy) is 2. The molecule has 4 nitrogen and oxygen atoms in total. The van der Waals surface area contributed by atoms with E-state index in [1.165, 1.54) is 18.9 Å². The summed E-state index contributed by atoms with van der Waals surface area (Å²) in [6.07, 6.45) is 8.53. The van der Waals surface area contributed by atoms with Gasteiger partial charge in [0.25, 0.3) is 0 Å². The van der Waals surface area contributed by atoms with Crippen LogP contribution in [0.4, 0.5) is 0 Å². The highest BCUT2D eigenvalue weighted by atomic mass is 16.6. The van der Waals surface area contributed by atoms with E-state index in [4.69, 9.17) is 9.47 Å². The molecule has 1 heterocycles. The molecule has 2 bridgehead atoms. The van der Waals surface area contributed by atoms with Crippen LogP contribution in [0.1, 0.15) is 73.1 Å². The van der Waals surface area contributed by atoms with Crippen molar-refractivity contribution >= 4 is 11.9 Å². The van der Waals surface area contributed by atoms with Gasteiger partial charge in [-0.25, -0.2) is 0 Å². The number of hydrogen-bond acceptors (Lipinski definition) is 4. The van der Waals surface area contributed by atoms with E-state index in [1.54, 1.807) is 0 Å². The molecule has 3 rings (SSSR count). The van der Waals surface area contributed by atoms with Crippen molar-refractivity contribution in [2.75, 3.05) is 6.61 Å². The lowest BCUT2D eigenvalue weighted by molar-refractivity contribution is -0.148. The van der Waals surface area contributed by atoms with Gasteiger partial charge < -0.3 is 9.47 Å². The number of fused-ring (bicyclic) bond motifs is 4. The zero-order valence-electron chi connectivity index (χ0n) is 17.0. The smallest absolute Gasteiger partial charge is 0.313 e. The summed E-state index contributed by atoms with van der Waals surface area (Å²) in [5, 5.41) is 0. The molecule has 0 N–H and O–H groups in total. The van der Waals surface area contributed by atoms with Crippen LogP contribution in [0, 0.1) is 28.6 Å². The maximum atomic E-state index is 12.5. The topological polar surface area (TPSA) is 52.6 Å². The summed E-state index contributed by atoms with van der Waals surface area (Å²) < 4.78 is 10.7. The fraction of sp³-hybridized carbons (Fsp3) is 0.818. The molecular weight excluding hydrogens is 328 g/mol. The van der Waals surface area contributed by atoms with Crippen LogP contribution in [0.15, 0.2) is 11.6 Å². The van der Waals surface area contributed by atoms with Gasteiger partial charge in [-0.1, -0.05) is 26.3 Å². The van der Waals surface area contributed by atoms with Crippen LogP contribution in [0.5, 0.6) is 0 Å². The predicted molar refractivity (Wildman–Crippen MR) is 100 cm³/mol. The average Bonchev–Trinajstić information content (AvgIpc) is 2.79. The minimum absolute atomic E-state index is 0.00500. The molecule has 1 saturated carbocycles. The highest BCUT2D eigenvalue weighted by molar-refractivity contribution is 5.81. The van der Waals surface area contributed by atoms with Gasteiger partial charge in [0.15, 0.2) is 0 Å². The SMILES string of the molecule is CC(=O)OCC[C@@H](C)CC[C@@]1(C)C2=C[C@@H]3C[C@@](C)(C(=O)O3)[C@@H]2CC[C@@H]1C. The van der Waals surface area contributed by atoms with Crippen LogP contribution in [-0.4, -0.2) is 24.6 Å². The van der Waals surface area contributed by atoms with Crippen molar-refractivity contribution in [1.82, 2.24) is 0 Å². The van der Waals surface area contributed by atoms with Gasteiger partial charge in [-0.2, -0.15) is 0 Å². The van der Waals surface area contributed by atoms with Gasteiger partial charge >= 0.3 is 11.9 Å². The first-order valence-corrected chi connectivity index (χ1v) is 10.2. The number of carbonyl (C=O) groups is 2. The summed E-state index contributed by atoms with van der Waals surface area (Å²) in [5.41, 5.74) is 1.29. The molecule has 4 heteroatoms. The molecule has 6 atom stereocenters. The Kier molecular flexibility index (Phi) is 5.24. The fourth-order valence-electron chi connectivity index (χ4n) is 5.42. The number of hydrogen-bond donors (Lipinski definition) is 0. The van der Waals surface area contributed by atoms with Crippen LogP contribution in [0.25, 0.3) is 0 Å². The third-order valence-electron chi connectivity index (χ3n) is 7.57. The first-order chi connectivity index (χ1) is 12.2. The van der Waals surface area contributed by atoms with Crippen LogP contribution in [0.3, 0.4) is 0 Å². The van der Waals surface area contributed by atoms with Gasteiger partial charge in [-0.3, -0.25) is 9.59 Å². The van der Waals surface area contributed by atoms with Crippen molar-refractivity contribution in [3.05, 3.63) is 11.6 Å². The van der Waals surface area contributed by atoms with Gasteiger partial charge in [-0.15, -0.1) is 0 Å². The van der Waals surface area contributed by atoms with Gasteiger partial charge in [0, 0.05) is 13.3 Å². The van der Waals surface area contributed by atoms with Gasteiger partial charge in [0.1, 0.15) is 6.10 Å². The molecule has 0 aromatic carbocycles. The molecule has 26 heavy (non-hydrogen) atoms. The van der Waals surface area contributed by atoms with Crippen LogP contribution < -0.4 is 0 Å². The average molecular weight is 363 g/mol. The maximum absolute atomic E-state index is 12.5. The number of carbonyl (C=O) groups excluding carboxylic acids is 2. The Morgan fingerprint density at radius 1 is 1.35 bits per heavy atom. The van der Waals surface area contributed by atoms with E-state index in [2.05, 4.69) is 33.8 Å². The van der Waals surface area contributed by atoms with Gasteiger partial charge in [-0.05, 0) is 68.3 Å². The van der Waals surface area contributed by atoms with E-state index < -0.39 is 0 Å². The Hall–Kier alpha value is -1.32. The van der Waals surface area contributed by atoms with Crippen molar-refractivity contribution in [3.63, 3.8) is 0 Å². The lowest BCUT2D eigenvalue weighted by atomic mass is 9.52. The normalized spacial score (nSPS) is 39.7. The molecule has 1 saturated heterocycles. The van der Waals surface area contributed by atoms with E-state index in [9.17, 15) is 9.59 Å². The van der Waals surface area contributed by atoms with Gasteiger partial charge in [0.05, 0.1) is 12.0 Å². The first-order valence-electron chi connectivity index (χ1n) is 10.2. The second kappa shape index (κ2) is 7.01. The molecule has 0 aromatic heterocycles. The summed E-state index contributed by atoms with van der Waals surface area (Å²) in [6.45, 7) is 11.1. The molecule has 0 aromatic rings. The van der Waals surface area contributed by atoms with Crippen molar-refractivity contribution < 1.29 is 19.1 Å². The van der Waals surface area contributed by atoms with E-state index in [0.717, 1.165) is 32.1 Å². The third-order valence-corrected chi connectivity index (χ3v) is 7.57. The molecule has 146 valence electrons. The standard InChI is InChI=1S/C22H34O4/c1-14(9-11-25-16(3)23)8-10-21(4)15(2)6-7-18-19(21)12-17-13-22(18,5)20(24)26-17/h12,14-15,17-18H,6-11,13H2,1-5H3/t14-,15-,17+,18+,21+,22+/m0/s1. The number of esters is 2. The summed E-state index contributed by atoms with van der Waals surface area (Å²) in [6, 6.07) is 0. The quantitative estimate of drug-likeness (QED) is 0.509. The van der Waals surface area contributed by atoms with Crippen LogP contribution in [-0.2, 0) is 19.1 Å². The molecule has 0 unspecified atom stereocenters. The molecular formula is C22H34O4. The monoisotopic (exact) mass is 362 g/mol. The zero-order valence-corrected chi connectivity index (χ0v) is 17.0. The van der Waals surface area contributed by atoms with Crippen molar-refractivity contribution in [1.29, 1.82) is 0 Å². The maximum Gasteiger partial charge on any atom is 0.313 e. The molecule has 0 radical (unpaired) electrons. The Bertz CT molecular complexity index is 609. The highest BCUT2D eigenvalue weighted by Crippen LogP contribution is 2.60. The van der Waals surface area contributed by atoms with Crippen LogP contribution in [0.2, 0.25) is 0 Å². The van der Waals surface area contributed by atoms with E-state index in [0.29, 0.717) is 24.4 Å². The largest absolute Gasteiger partial charge is 0.466 e. The van der Waals surface area contributed by atoms with E-state index >= 15 is 0 Å². The van der Waals surface area contributed by atoms with Gasteiger partial charge in [0.2, 0.25) is 0 Å². The Balaban J connectivity index is 1.71. The fourth-order valence-corrected chi connectivity index (χ4v) is 5.42. The lowest BCUT2D eigenvalue weighted by Gasteiger charge is -2.51. The first kappa shape index (κ1) is 19.4. The zero-order chi connectivity index (χ0) is 19.1. The van der Waals surface area contributed by atoms with Crippen LogP contribution >= 0.6 is 0 Å². The molecule has 0 amide bonds. The third kappa shape index (κ3) is 3.32. The minimum Gasteiger partial charge on any atom is -0.466 e. The minimum atomic E-state index is -0.322. The second-order valence-corrected chi connectivity index (χ2v) is 9.41. The Morgan fingerprint density at radius 3 is 2.77 bits per heavy atom. The lowest BCUT2D eigenvalue weighted by Crippen LogP contribution is -2.45. The Morgan fingerprint density at radius 2 is 2.08 bits per heavy atom. The number of rotatable bonds is 6. The Labute approximate surface area is 157 Å². The van der Waals surface area contributed by atoms with Crippen molar-refractivity contribution in [2.45, 2.75) is 79.2 Å². The molecule has 2 fully saturated rings. The van der Waals surface area contributed by atoms with E-state index in [-0.39, 0.29) is 28.9 Å². The number of allylic oxidation sites excluding steroid dienone is 1. The molecule has 3 aliphatic rings. The predicted octanol–water partition coefficient (Wildman–Crippen LogP) is 4.67. The summed E-state index contributed by atoms with van der Waals surface area (Å²) in [7, 11) is 0. The molecule has 0 spiro atoms. The van der Waals surface area contributed by atoms with Crippen molar-refractivity contribution in [3.8, 4) is 0 Å².